The molecule has 0 aromatic heterocycles. The quantitative estimate of drug-likeness (QED) is 0.265. The van der Waals surface area contributed by atoms with Crippen molar-refractivity contribution in [1.82, 2.24) is 0 Å². The number of carbonyl (C=O) groups is 4. The van der Waals surface area contributed by atoms with Crippen molar-refractivity contribution in [3.8, 4) is 5.75 Å². The highest BCUT2D eigenvalue weighted by Gasteiger charge is 2.28. The van der Waals surface area contributed by atoms with Gasteiger partial charge in [0, 0.05) is 30.3 Å². The van der Waals surface area contributed by atoms with Gasteiger partial charge in [0.15, 0.2) is 5.12 Å². The van der Waals surface area contributed by atoms with E-state index in [1.807, 2.05) is 30.3 Å². The number of carbonyl (C=O) groups excluding carboxylic acids is 4. The van der Waals surface area contributed by atoms with Crippen LogP contribution in [0.2, 0.25) is 0 Å². The molecular weight excluding hydrogens is 530 g/mol. The number of thioether (sulfide) groups is 1. The molecule has 1 amide bonds. The van der Waals surface area contributed by atoms with E-state index < -0.39 is 17.9 Å². The first-order valence-electron chi connectivity index (χ1n) is 12.8. The lowest BCUT2D eigenvalue weighted by atomic mass is 9.99. The van der Waals surface area contributed by atoms with Gasteiger partial charge in [0.25, 0.3) is 0 Å². The Morgan fingerprint density at radius 2 is 1.57 bits per heavy atom. The molecule has 0 radical (unpaired) electrons. The van der Waals surface area contributed by atoms with Gasteiger partial charge in [0.2, 0.25) is 5.91 Å². The van der Waals surface area contributed by atoms with E-state index in [2.05, 4.69) is 0 Å². The molecule has 8 nitrogen and oxygen atoms in total. The van der Waals surface area contributed by atoms with Crippen LogP contribution in [0.15, 0.2) is 78.9 Å². The molecule has 0 saturated carbocycles. The van der Waals surface area contributed by atoms with Crippen molar-refractivity contribution in [2.24, 2.45) is 5.92 Å². The molecule has 0 N–H and O–H groups in total. The van der Waals surface area contributed by atoms with E-state index in [0.29, 0.717) is 35.6 Å². The summed E-state index contributed by atoms with van der Waals surface area (Å²) in [5.74, 6) is -0.958. The number of ether oxygens (including phenoxy) is 3. The zero-order valence-corrected chi connectivity index (χ0v) is 23.6. The number of aryl methyl sites for hydroxylation is 1. The Morgan fingerprint density at radius 3 is 2.23 bits per heavy atom. The number of rotatable bonds is 13. The first-order valence-corrected chi connectivity index (χ1v) is 13.7. The molecule has 0 spiro atoms. The SMILES string of the molecule is COC(=O)CN(C(=O)[C@@H](CCc1ccccc1)CSC(C)=O)c1cccc(OCc2ccc(C(=O)OC)cc2)c1. The molecule has 0 heterocycles. The number of benzene rings is 3. The normalized spacial score (nSPS) is 11.3. The number of methoxy groups -OCH3 is 2. The lowest BCUT2D eigenvalue weighted by molar-refractivity contribution is -0.140. The molecule has 0 bridgehead atoms. The number of amides is 1. The number of esters is 2. The minimum atomic E-state index is -0.564. The van der Waals surface area contributed by atoms with Crippen LogP contribution in [-0.4, -0.2) is 49.5 Å². The Hall–Kier alpha value is -4.11. The fourth-order valence-corrected chi connectivity index (χ4v) is 4.70. The molecule has 0 aliphatic rings. The second-order valence-electron chi connectivity index (χ2n) is 9.00. The lowest BCUT2D eigenvalue weighted by Crippen LogP contribution is -2.41. The molecular formula is C31H33NO7S. The molecule has 0 saturated heterocycles. The number of anilines is 1. The minimum Gasteiger partial charge on any atom is -0.489 e. The predicted octanol–water partition coefficient (Wildman–Crippen LogP) is 5.09. The first-order chi connectivity index (χ1) is 19.3. The molecule has 0 aliphatic carbocycles. The van der Waals surface area contributed by atoms with Gasteiger partial charge in [-0.3, -0.25) is 14.4 Å². The standard InChI is InChI=1S/C31H33NO7S/c1-22(33)40-21-26(17-12-23-8-5-4-6-9-23)30(35)32(19-29(34)37-2)27-10-7-11-28(18-27)39-20-24-13-15-25(16-14-24)31(36)38-3/h4-11,13-16,18,26H,12,17,19-21H2,1-3H3/t26-/m0/s1. The summed E-state index contributed by atoms with van der Waals surface area (Å²) in [5, 5.41) is -0.0768. The smallest absolute Gasteiger partial charge is 0.337 e. The monoisotopic (exact) mass is 563 g/mol. The predicted molar refractivity (Wildman–Crippen MR) is 154 cm³/mol. The van der Waals surface area contributed by atoms with E-state index in [0.717, 1.165) is 22.9 Å². The minimum absolute atomic E-state index is 0.0768. The maximum atomic E-state index is 13.8. The number of nitrogens with zero attached hydrogens (tertiary/aromatic N) is 1. The van der Waals surface area contributed by atoms with E-state index in [4.69, 9.17) is 14.2 Å². The topological polar surface area (TPSA) is 99.2 Å². The van der Waals surface area contributed by atoms with Crippen molar-refractivity contribution in [3.05, 3.63) is 95.6 Å². The van der Waals surface area contributed by atoms with Crippen LogP contribution >= 0.6 is 11.8 Å². The molecule has 3 aromatic carbocycles. The average Bonchev–Trinajstić information content (AvgIpc) is 2.98. The molecule has 3 rings (SSSR count). The summed E-state index contributed by atoms with van der Waals surface area (Å²) in [5.41, 5.74) is 2.84. The van der Waals surface area contributed by atoms with E-state index in [9.17, 15) is 19.2 Å². The maximum absolute atomic E-state index is 13.8. The van der Waals surface area contributed by atoms with Gasteiger partial charge in [-0.1, -0.05) is 60.3 Å². The third-order valence-electron chi connectivity index (χ3n) is 6.15. The van der Waals surface area contributed by atoms with Crippen molar-refractivity contribution in [2.45, 2.75) is 26.4 Å². The van der Waals surface area contributed by atoms with Crippen LogP contribution in [0.4, 0.5) is 5.69 Å². The van der Waals surface area contributed by atoms with E-state index >= 15 is 0 Å². The highest BCUT2D eigenvalue weighted by molar-refractivity contribution is 8.13. The van der Waals surface area contributed by atoms with Crippen LogP contribution < -0.4 is 9.64 Å². The molecule has 0 fully saturated rings. The third kappa shape index (κ3) is 9.27. The van der Waals surface area contributed by atoms with Gasteiger partial charge in [-0.05, 0) is 48.2 Å². The maximum Gasteiger partial charge on any atom is 0.337 e. The number of hydrogen-bond donors (Lipinski definition) is 0. The van der Waals surface area contributed by atoms with Crippen molar-refractivity contribution in [1.29, 1.82) is 0 Å². The zero-order chi connectivity index (χ0) is 28.9. The van der Waals surface area contributed by atoms with Gasteiger partial charge in [0.05, 0.1) is 19.8 Å². The van der Waals surface area contributed by atoms with Gasteiger partial charge in [0.1, 0.15) is 18.9 Å². The Morgan fingerprint density at radius 1 is 0.850 bits per heavy atom. The van der Waals surface area contributed by atoms with Crippen LogP contribution in [0, 0.1) is 5.92 Å². The fourth-order valence-electron chi connectivity index (χ4n) is 3.95. The molecule has 210 valence electrons. The molecule has 3 aromatic rings. The van der Waals surface area contributed by atoms with Crippen molar-refractivity contribution in [3.63, 3.8) is 0 Å². The van der Waals surface area contributed by atoms with E-state index in [1.54, 1.807) is 48.5 Å². The van der Waals surface area contributed by atoms with Crippen molar-refractivity contribution >= 4 is 40.4 Å². The Kier molecular flexibility index (Phi) is 11.8. The summed E-state index contributed by atoms with van der Waals surface area (Å²) >= 11 is 1.10. The van der Waals surface area contributed by atoms with Crippen LogP contribution in [0.3, 0.4) is 0 Å². The van der Waals surface area contributed by atoms with Crippen molar-refractivity contribution in [2.75, 3.05) is 31.4 Å². The zero-order valence-electron chi connectivity index (χ0n) is 22.8. The Labute approximate surface area is 238 Å². The summed E-state index contributed by atoms with van der Waals surface area (Å²) in [6.45, 7) is 1.42. The summed E-state index contributed by atoms with van der Waals surface area (Å²) in [6, 6.07) is 23.6. The Balaban J connectivity index is 1.79. The first kappa shape index (κ1) is 30.4. The summed E-state index contributed by atoms with van der Waals surface area (Å²) in [4.78, 5) is 50.9. The third-order valence-corrected chi connectivity index (χ3v) is 7.13. The van der Waals surface area contributed by atoms with Crippen LogP contribution in [0.1, 0.15) is 34.8 Å². The molecule has 0 aliphatic heterocycles. The largest absolute Gasteiger partial charge is 0.489 e. The fraction of sp³-hybridized carbons (Fsp3) is 0.290. The molecule has 0 unspecified atom stereocenters. The van der Waals surface area contributed by atoms with Crippen LogP contribution in [0.5, 0.6) is 5.75 Å². The van der Waals surface area contributed by atoms with Gasteiger partial charge in [-0.15, -0.1) is 0 Å². The second-order valence-corrected chi connectivity index (χ2v) is 10.2. The molecule has 9 heteroatoms. The van der Waals surface area contributed by atoms with Gasteiger partial charge in [-0.25, -0.2) is 4.79 Å². The number of hydrogen-bond acceptors (Lipinski definition) is 8. The van der Waals surface area contributed by atoms with E-state index in [-0.39, 0.29) is 24.2 Å². The lowest BCUT2D eigenvalue weighted by Gasteiger charge is -2.27. The highest BCUT2D eigenvalue weighted by atomic mass is 32.2. The molecule has 1 atom stereocenters. The van der Waals surface area contributed by atoms with Crippen LogP contribution in [0.25, 0.3) is 0 Å². The van der Waals surface area contributed by atoms with Crippen molar-refractivity contribution < 1.29 is 33.4 Å². The van der Waals surface area contributed by atoms with E-state index in [1.165, 1.54) is 26.0 Å². The summed E-state index contributed by atoms with van der Waals surface area (Å²) < 4.78 is 15.5. The molecule has 40 heavy (non-hydrogen) atoms. The average molecular weight is 564 g/mol. The summed E-state index contributed by atoms with van der Waals surface area (Å²) in [7, 11) is 2.60. The van der Waals surface area contributed by atoms with Gasteiger partial charge >= 0.3 is 11.9 Å². The highest BCUT2D eigenvalue weighted by Crippen LogP contribution is 2.26. The van der Waals surface area contributed by atoms with Gasteiger partial charge in [-0.2, -0.15) is 0 Å². The second kappa shape index (κ2) is 15.5. The van der Waals surface area contributed by atoms with Crippen LogP contribution in [-0.2, 0) is 36.9 Å². The summed E-state index contributed by atoms with van der Waals surface area (Å²) in [6.07, 6.45) is 1.16. The Bertz CT molecular complexity index is 1290. The van der Waals surface area contributed by atoms with Gasteiger partial charge < -0.3 is 19.1 Å².